The number of carboxylic acids is 1. The van der Waals surface area contributed by atoms with E-state index in [2.05, 4.69) is 12.2 Å². The zero-order valence-corrected chi connectivity index (χ0v) is 12.6. The Labute approximate surface area is 124 Å². The van der Waals surface area contributed by atoms with E-state index in [9.17, 15) is 9.18 Å². The Morgan fingerprint density at radius 1 is 1.35 bits per heavy atom. The summed E-state index contributed by atoms with van der Waals surface area (Å²) in [6.07, 6.45) is 1.93. The molecular formula is C15H22FNO2S. The molecule has 5 heteroatoms. The molecule has 0 saturated heterocycles. The minimum Gasteiger partial charge on any atom is -0.481 e. The number of aliphatic carboxylic acids is 1. The van der Waals surface area contributed by atoms with Gasteiger partial charge in [-0.05, 0) is 37.4 Å². The van der Waals surface area contributed by atoms with Gasteiger partial charge in [-0.2, -0.15) is 0 Å². The van der Waals surface area contributed by atoms with Gasteiger partial charge in [-0.25, -0.2) is 4.39 Å². The number of hydrogen-bond donors (Lipinski definition) is 2. The minimum absolute atomic E-state index is 0.167. The largest absolute Gasteiger partial charge is 0.481 e. The van der Waals surface area contributed by atoms with Crippen LogP contribution in [-0.2, 0) is 4.79 Å². The third-order valence-electron chi connectivity index (χ3n) is 3.04. The van der Waals surface area contributed by atoms with Crippen molar-refractivity contribution in [1.29, 1.82) is 0 Å². The molecule has 0 amide bonds. The monoisotopic (exact) mass is 299 g/mol. The summed E-state index contributed by atoms with van der Waals surface area (Å²) in [5.74, 6) is 0.341. The van der Waals surface area contributed by atoms with Gasteiger partial charge >= 0.3 is 5.97 Å². The van der Waals surface area contributed by atoms with Crippen molar-refractivity contribution in [2.75, 3.05) is 18.8 Å². The fourth-order valence-corrected chi connectivity index (χ4v) is 2.63. The van der Waals surface area contributed by atoms with Crippen LogP contribution in [0.1, 0.15) is 26.2 Å². The van der Waals surface area contributed by atoms with Crippen molar-refractivity contribution in [3.63, 3.8) is 0 Å². The second-order valence-corrected chi connectivity index (χ2v) is 5.99. The molecule has 0 fully saturated rings. The molecule has 1 aromatic rings. The Hall–Kier alpha value is -1.07. The average molecular weight is 299 g/mol. The lowest BCUT2D eigenvalue weighted by atomic mass is 10.0. The number of carboxylic acid groups (broad SMARTS) is 1. The van der Waals surface area contributed by atoms with Crippen LogP contribution in [0.3, 0.4) is 0 Å². The molecular weight excluding hydrogens is 277 g/mol. The van der Waals surface area contributed by atoms with E-state index < -0.39 is 5.97 Å². The summed E-state index contributed by atoms with van der Waals surface area (Å²) in [5, 5.41) is 11.9. The molecule has 1 aromatic carbocycles. The molecule has 0 aromatic heterocycles. The van der Waals surface area contributed by atoms with E-state index in [1.807, 2.05) is 6.07 Å². The van der Waals surface area contributed by atoms with E-state index >= 15 is 0 Å². The van der Waals surface area contributed by atoms with E-state index in [0.717, 1.165) is 31.7 Å². The highest BCUT2D eigenvalue weighted by atomic mass is 32.2. The molecule has 0 aliphatic rings. The highest BCUT2D eigenvalue weighted by Crippen LogP contribution is 2.20. The summed E-state index contributed by atoms with van der Waals surface area (Å²) in [7, 11) is 0. The van der Waals surface area contributed by atoms with Gasteiger partial charge in [0.25, 0.3) is 0 Å². The van der Waals surface area contributed by atoms with Crippen LogP contribution < -0.4 is 5.32 Å². The first-order chi connectivity index (χ1) is 9.59. The summed E-state index contributed by atoms with van der Waals surface area (Å²) in [6.45, 7) is 3.77. The van der Waals surface area contributed by atoms with Gasteiger partial charge in [-0.3, -0.25) is 4.79 Å². The number of rotatable bonds is 10. The maximum Gasteiger partial charge on any atom is 0.303 e. The fraction of sp³-hybridized carbons (Fsp3) is 0.533. The van der Waals surface area contributed by atoms with E-state index in [-0.39, 0.29) is 12.2 Å². The molecule has 1 atom stereocenters. The predicted octanol–water partition coefficient (Wildman–Crippen LogP) is 3.40. The van der Waals surface area contributed by atoms with Crippen molar-refractivity contribution in [2.45, 2.75) is 31.1 Å². The molecule has 3 nitrogen and oxygen atoms in total. The second kappa shape index (κ2) is 9.77. The molecule has 112 valence electrons. The van der Waals surface area contributed by atoms with Crippen molar-refractivity contribution < 1.29 is 14.3 Å². The summed E-state index contributed by atoms with van der Waals surface area (Å²) in [4.78, 5) is 11.1. The van der Waals surface area contributed by atoms with Gasteiger partial charge in [0.05, 0.1) is 0 Å². The minimum atomic E-state index is -0.730. The van der Waals surface area contributed by atoms with E-state index in [1.54, 1.807) is 12.1 Å². The third-order valence-corrected chi connectivity index (χ3v) is 4.09. The second-order valence-electron chi connectivity index (χ2n) is 4.86. The summed E-state index contributed by atoms with van der Waals surface area (Å²) < 4.78 is 13.3. The van der Waals surface area contributed by atoms with Crippen LogP contribution in [0.2, 0.25) is 0 Å². The Bertz CT molecular complexity index is 415. The van der Waals surface area contributed by atoms with Crippen molar-refractivity contribution in [3.05, 3.63) is 30.1 Å². The van der Waals surface area contributed by atoms with Crippen molar-refractivity contribution in [3.8, 4) is 0 Å². The standard InChI is InChI=1S/C15H22FNO2S/c1-12(6-7-15(18)19)8-9-17-10-11-20-14-5-3-2-4-13(14)16/h2-5,12,17H,6-11H2,1H3,(H,18,19). The van der Waals surface area contributed by atoms with Gasteiger partial charge < -0.3 is 10.4 Å². The molecule has 1 unspecified atom stereocenters. The number of benzene rings is 1. The maximum absolute atomic E-state index is 13.3. The average Bonchev–Trinajstić information content (AvgIpc) is 2.42. The van der Waals surface area contributed by atoms with Crippen molar-refractivity contribution >= 4 is 17.7 Å². The first-order valence-corrected chi connectivity index (χ1v) is 7.88. The van der Waals surface area contributed by atoms with Crippen LogP contribution in [0, 0.1) is 11.7 Å². The SMILES string of the molecule is CC(CCNCCSc1ccccc1F)CCC(=O)O. The Morgan fingerprint density at radius 3 is 2.80 bits per heavy atom. The van der Waals surface area contributed by atoms with Crippen LogP contribution in [-0.4, -0.2) is 29.9 Å². The number of halogens is 1. The van der Waals surface area contributed by atoms with E-state index in [4.69, 9.17) is 5.11 Å². The maximum atomic E-state index is 13.3. The number of nitrogens with one attached hydrogen (secondary N) is 1. The van der Waals surface area contributed by atoms with Crippen molar-refractivity contribution in [2.24, 2.45) is 5.92 Å². The predicted molar refractivity (Wildman–Crippen MR) is 80.6 cm³/mol. The highest BCUT2D eigenvalue weighted by molar-refractivity contribution is 7.99. The lowest BCUT2D eigenvalue weighted by Gasteiger charge is -2.10. The highest BCUT2D eigenvalue weighted by Gasteiger charge is 2.05. The normalized spacial score (nSPS) is 12.3. The van der Waals surface area contributed by atoms with Gasteiger partial charge in [-0.1, -0.05) is 19.1 Å². The molecule has 1 rings (SSSR count). The van der Waals surface area contributed by atoms with E-state index in [0.29, 0.717) is 10.8 Å². The quantitative estimate of drug-likeness (QED) is 0.513. The number of hydrogen-bond acceptors (Lipinski definition) is 3. The molecule has 0 radical (unpaired) electrons. The first kappa shape index (κ1) is 17.0. The van der Waals surface area contributed by atoms with Gasteiger partial charge in [0.15, 0.2) is 0 Å². The Kier molecular flexibility index (Phi) is 8.30. The molecule has 20 heavy (non-hydrogen) atoms. The number of carbonyl (C=O) groups is 1. The smallest absolute Gasteiger partial charge is 0.303 e. The lowest BCUT2D eigenvalue weighted by molar-refractivity contribution is -0.137. The summed E-state index contributed by atoms with van der Waals surface area (Å²) in [5.41, 5.74) is 0. The van der Waals surface area contributed by atoms with Gasteiger partial charge in [-0.15, -0.1) is 11.8 Å². The first-order valence-electron chi connectivity index (χ1n) is 6.89. The molecule has 0 aliphatic heterocycles. The fourth-order valence-electron chi connectivity index (χ4n) is 1.78. The van der Waals surface area contributed by atoms with Gasteiger partial charge in [0, 0.05) is 23.6 Å². The van der Waals surface area contributed by atoms with Gasteiger partial charge in [0.2, 0.25) is 0 Å². The lowest BCUT2D eigenvalue weighted by Crippen LogP contribution is -2.20. The third kappa shape index (κ3) is 7.50. The number of thioether (sulfide) groups is 1. The van der Waals surface area contributed by atoms with Crippen LogP contribution in [0.15, 0.2) is 29.2 Å². The molecule has 0 spiro atoms. The zero-order chi connectivity index (χ0) is 14.8. The van der Waals surface area contributed by atoms with Crippen LogP contribution in [0.4, 0.5) is 4.39 Å². The van der Waals surface area contributed by atoms with Gasteiger partial charge in [0.1, 0.15) is 5.82 Å². The molecule has 0 heterocycles. The van der Waals surface area contributed by atoms with Crippen LogP contribution in [0.25, 0.3) is 0 Å². The Balaban J connectivity index is 2.02. The summed E-state index contributed by atoms with van der Waals surface area (Å²) in [6, 6.07) is 6.78. The molecule has 0 bridgehead atoms. The Morgan fingerprint density at radius 2 is 2.10 bits per heavy atom. The molecule has 2 N–H and O–H groups in total. The van der Waals surface area contributed by atoms with E-state index in [1.165, 1.54) is 17.8 Å². The van der Waals surface area contributed by atoms with Crippen LogP contribution >= 0.6 is 11.8 Å². The van der Waals surface area contributed by atoms with Crippen molar-refractivity contribution in [1.82, 2.24) is 5.32 Å². The molecule has 0 saturated carbocycles. The zero-order valence-electron chi connectivity index (χ0n) is 11.8. The topological polar surface area (TPSA) is 49.3 Å². The molecule has 0 aliphatic carbocycles. The van der Waals surface area contributed by atoms with Crippen LogP contribution in [0.5, 0.6) is 0 Å². The summed E-state index contributed by atoms with van der Waals surface area (Å²) >= 11 is 1.50.